The molecule has 0 aromatic heterocycles. The van der Waals surface area contributed by atoms with Crippen LogP contribution < -0.4 is 11.1 Å². The first kappa shape index (κ1) is 18.3. The van der Waals surface area contributed by atoms with Crippen molar-refractivity contribution < 1.29 is 9.55 Å². The number of benzene rings is 1. The molecule has 1 aromatic carbocycles. The minimum absolute atomic E-state index is 0.0948. The third kappa shape index (κ3) is 7.88. The molecule has 3 N–H and O–H groups in total. The minimum Gasteiger partial charge on any atom is -0.356 e. The Kier molecular flexibility index (Phi) is 8.36. The van der Waals surface area contributed by atoms with E-state index in [2.05, 4.69) is 36.5 Å². The number of carbonyl (C=O) groups excluding carboxylic acids is 1. The number of nitrogens with one attached hydrogen (secondary N) is 1. The highest BCUT2D eigenvalue weighted by molar-refractivity contribution is 5.75. The Balaban J connectivity index is 2.04. The molecule has 0 heterocycles. The Labute approximate surface area is 132 Å². The summed E-state index contributed by atoms with van der Waals surface area (Å²) >= 11 is 0. The summed E-state index contributed by atoms with van der Waals surface area (Å²) in [5.74, 6) is 0.0948. The van der Waals surface area contributed by atoms with Crippen LogP contribution in [0.1, 0.15) is 43.2 Å². The third-order valence-corrected chi connectivity index (χ3v) is 3.71. The fourth-order valence-corrected chi connectivity index (χ4v) is 2.18. The van der Waals surface area contributed by atoms with Crippen molar-refractivity contribution in [1.82, 2.24) is 5.32 Å². The topological polar surface area (TPSA) is 75.2 Å². The summed E-state index contributed by atoms with van der Waals surface area (Å²) in [6, 6.07) is 8.42. The van der Waals surface area contributed by atoms with E-state index < -0.39 is 6.17 Å². The van der Waals surface area contributed by atoms with Gasteiger partial charge in [0.05, 0.1) is 0 Å². The van der Waals surface area contributed by atoms with Gasteiger partial charge in [0.25, 0.3) is 6.17 Å². The summed E-state index contributed by atoms with van der Waals surface area (Å²) in [5, 5.41) is 2.91. The van der Waals surface area contributed by atoms with Crippen molar-refractivity contribution in [2.24, 2.45) is 5.73 Å². The van der Waals surface area contributed by atoms with Gasteiger partial charge in [0, 0.05) is 29.1 Å². The first-order valence-electron chi connectivity index (χ1n) is 7.97. The molecule has 0 radical (unpaired) electrons. The van der Waals surface area contributed by atoms with Gasteiger partial charge in [-0.2, -0.15) is 0 Å². The van der Waals surface area contributed by atoms with Crippen molar-refractivity contribution in [2.45, 2.75) is 51.6 Å². The van der Waals surface area contributed by atoms with E-state index >= 15 is 0 Å². The van der Waals surface area contributed by atoms with E-state index in [1.54, 1.807) is 0 Å². The van der Waals surface area contributed by atoms with Gasteiger partial charge in [-0.05, 0) is 38.2 Å². The van der Waals surface area contributed by atoms with E-state index in [1.165, 1.54) is 18.2 Å². The molecule has 1 unspecified atom stereocenters. The molecule has 0 aliphatic heterocycles. The van der Waals surface area contributed by atoms with Crippen molar-refractivity contribution in [3.05, 3.63) is 40.3 Å². The number of aryl methyl sites for hydroxylation is 2. The van der Waals surface area contributed by atoms with Crippen LogP contribution in [0.3, 0.4) is 0 Å². The fourth-order valence-electron chi connectivity index (χ4n) is 2.18. The molecule has 0 saturated heterocycles. The van der Waals surface area contributed by atoms with Gasteiger partial charge in [-0.25, -0.2) is 0 Å². The number of hydrogen-bond acceptors (Lipinski definition) is 3. The standard InChI is InChI=1S/C17H27N3O2/c1-14-9-11-15(12-10-14)6-5-8-17(21)19-13-4-3-7-16(18)20(2)22/h9-12,16H,3-8,13,18H2,1-2H3/p+1. The summed E-state index contributed by atoms with van der Waals surface area (Å²) in [7, 11) is 1.43. The first-order chi connectivity index (χ1) is 10.5. The molecule has 5 nitrogen and oxygen atoms in total. The van der Waals surface area contributed by atoms with E-state index in [0.29, 0.717) is 19.4 Å². The van der Waals surface area contributed by atoms with Crippen LogP contribution >= 0.6 is 0 Å². The highest BCUT2D eigenvalue weighted by Gasteiger charge is 2.13. The zero-order valence-corrected chi connectivity index (χ0v) is 13.7. The van der Waals surface area contributed by atoms with Gasteiger partial charge in [-0.15, -0.1) is 0 Å². The van der Waals surface area contributed by atoms with E-state index in [9.17, 15) is 9.70 Å². The maximum absolute atomic E-state index is 11.7. The third-order valence-electron chi connectivity index (χ3n) is 3.71. The molecule has 0 saturated carbocycles. The number of rotatable bonds is 10. The SMILES string of the molecule is Cc1ccc(CCCC(=O)NCCCCC(N)[N+](C)=O)cc1. The van der Waals surface area contributed by atoms with Crippen molar-refractivity contribution >= 4 is 5.91 Å². The van der Waals surface area contributed by atoms with Crippen molar-refractivity contribution in [3.8, 4) is 0 Å². The summed E-state index contributed by atoms with van der Waals surface area (Å²) in [5.41, 5.74) is 8.14. The molecular formula is C17H28N3O2+. The number of amides is 1. The average Bonchev–Trinajstić information content (AvgIpc) is 2.48. The fraction of sp³-hybridized carbons (Fsp3) is 0.588. The molecule has 122 valence electrons. The second-order valence-corrected chi connectivity index (χ2v) is 5.80. The number of hydrogen-bond donors (Lipinski definition) is 2. The number of nitroso groups, excluding NO2 is 1. The molecule has 0 aliphatic carbocycles. The largest absolute Gasteiger partial charge is 0.356 e. The first-order valence-corrected chi connectivity index (χ1v) is 7.97. The van der Waals surface area contributed by atoms with Crippen LogP contribution in [0.2, 0.25) is 0 Å². The molecule has 0 spiro atoms. The molecule has 1 aromatic rings. The zero-order chi connectivity index (χ0) is 16.4. The lowest BCUT2D eigenvalue weighted by atomic mass is 10.1. The molecular weight excluding hydrogens is 278 g/mol. The van der Waals surface area contributed by atoms with Gasteiger partial charge in [0.15, 0.2) is 7.05 Å². The summed E-state index contributed by atoms with van der Waals surface area (Å²) in [6.07, 6.45) is 4.26. The van der Waals surface area contributed by atoms with E-state index in [1.807, 2.05) is 0 Å². The van der Waals surface area contributed by atoms with E-state index in [-0.39, 0.29) is 5.91 Å². The van der Waals surface area contributed by atoms with Crippen LogP contribution in [0.15, 0.2) is 24.3 Å². The van der Waals surface area contributed by atoms with Gasteiger partial charge in [0.1, 0.15) is 0 Å². The number of nitrogens with zero attached hydrogens (tertiary/aromatic N) is 1. The molecule has 0 aliphatic rings. The highest BCUT2D eigenvalue weighted by Crippen LogP contribution is 2.07. The molecule has 1 rings (SSSR count). The Hall–Kier alpha value is -1.75. The quantitative estimate of drug-likeness (QED) is 0.396. The van der Waals surface area contributed by atoms with Gasteiger partial charge >= 0.3 is 0 Å². The van der Waals surface area contributed by atoms with Crippen LogP contribution in [-0.4, -0.2) is 30.4 Å². The molecule has 0 bridgehead atoms. The molecule has 0 fully saturated rings. The smallest absolute Gasteiger partial charge is 0.251 e. The Morgan fingerprint density at radius 3 is 2.55 bits per heavy atom. The van der Waals surface area contributed by atoms with E-state index in [4.69, 9.17) is 5.73 Å². The maximum Gasteiger partial charge on any atom is 0.251 e. The summed E-state index contributed by atoms with van der Waals surface area (Å²) in [6.45, 7) is 2.72. The van der Waals surface area contributed by atoms with Gasteiger partial charge in [-0.3, -0.25) is 10.5 Å². The van der Waals surface area contributed by atoms with Crippen molar-refractivity contribution in [2.75, 3.05) is 13.6 Å². The number of unbranched alkanes of at least 4 members (excludes halogenated alkanes) is 1. The lowest BCUT2D eigenvalue weighted by molar-refractivity contribution is -0.558. The Morgan fingerprint density at radius 1 is 1.23 bits per heavy atom. The Morgan fingerprint density at radius 2 is 1.91 bits per heavy atom. The lowest BCUT2D eigenvalue weighted by Crippen LogP contribution is -2.30. The molecule has 1 amide bonds. The minimum atomic E-state index is -0.440. The van der Waals surface area contributed by atoms with Gasteiger partial charge in [0.2, 0.25) is 5.91 Å². The summed E-state index contributed by atoms with van der Waals surface area (Å²) < 4.78 is 0.768. The molecule has 22 heavy (non-hydrogen) atoms. The highest BCUT2D eigenvalue weighted by atomic mass is 16.3. The van der Waals surface area contributed by atoms with Crippen molar-refractivity contribution in [3.63, 3.8) is 0 Å². The average molecular weight is 306 g/mol. The van der Waals surface area contributed by atoms with Crippen LogP contribution in [-0.2, 0) is 11.2 Å². The maximum atomic E-state index is 11.7. The number of carbonyl (C=O) groups is 1. The second kappa shape index (κ2) is 10.1. The van der Waals surface area contributed by atoms with Crippen LogP contribution in [0.5, 0.6) is 0 Å². The Bertz CT molecular complexity index is 471. The zero-order valence-electron chi connectivity index (χ0n) is 13.7. The number of nitrogens with two attached hydrogens (primary N) is 1. The van der Waals surface area contributed by atoms with Crippen molar-refractivity contribution in [1.29, 1.82) is 0 Å². The predicted octanol–water partition coefficient (Wildman–Crippen LogP) is 2.30. The second-order valence-electron chi connectivity index (χ2n) is 5.80. The lowest BCUT2D eigenvalue weighted by Gasteiger charge is -2.06. The summed E-state index contributed by atoms with van der Waals surface area (Å²) in [4.78, 5) is 22.6. The normalized spacial score (nSPS) is 12.0. The predicted molar refractivity (Wildman–Crippen MR) is 88.5 cm³/mol. The van der Waals surface area contributed by atoms with Crippen LogP contribution in [0.4, 0.5) is 0 Å². The molecule has 1 atom stereocenters. The monoisotopic (exact) mass is 306 g/mol. The van der Waals surface area contributed by atoms with Gasteiger partial charge in [-0.1, -0.05) is 29.8 Å². The van der Waals surface area contributed by atoms with Crippen LogP contribution in [0, 0.1) is 11.8 Å². The van der Waals surface area contributed by atoms with Crippen LogP contribution in [0.25, 0.3) is 0 Å². The van der Waals surface area contributed by atoms with Gasteiger partial charge < -0.3 is 5.32 Å². The molecule has 5 heteroatoms. The van der Waals surface area contributed by atoms with E-state index in [0.717, 1.165) is 30.4 Å².